The van der Waals surface area contributed by atoms with E-state index >= 15 is 0 Å². The molecule has 0 aliphatic carbocycles. The highest BCUT2D eigenvalue weighted by molar-refractivity contribution is 5.84. The van der Waals surface area contributed by atoms with Crippen LogP contribution >= 0.6 is 0 Å². The highest BCUT2D eigenvalue weighted by atomic mass is 16.5. The van der Waals surface area contributed by atoms with E-state index in [1.165, 1.54) is 0 Å². The minimum absolute atomic E-state index is 0.0243. The minimum Gasteiger partial charge on any atom is -0.497 e. The van der Waals surface area contributed by atoms with Crippen molar-refractivity contribution >= 4 is 29.0 Å². The first-order valence-corrected chi connectivity index (χ1v) is 11.4. The van der Waals surface area contributed by atoms with Crippen molar-refractivity contribution in [1.29, 1.82) is 5.41 Å². The fourth-order valence-electron chi connectivity index (χ4n) is 3.92. The monoisotopic (exact) mass is 467 g/mol. The zero-order chi connectivity index (χ0) is 24.6. The number of ether oxygens (including phenoxy) is 1. The van der Waals surface area contributed by atoms with Gasteiger partial charge in [0.2, 0.25) is 0 Å². The standard InChI is InChI=1S/C27H29N7O/c1-35-21-10-11-24-22(16-21)26(34-25(33-24)12-9-20-4-2-3-14-31-20)23(17-28)19-7-5-18(6-8-19)13-15-32-27(29)30/h2-12,14,16,23H,13,15,17,28H2,1H3,(H4,29,30,32). The summed E-state index contributed by atoms with van der Waals surface area (Å²) in [6, 6.07) is 19.9. The molecule has 0 saturated carbocycles. The molecule has 1 atom stereocenters. The number of nitrogens with two attached hydrogens (primary N) is 2. The first-order chi connectivity index (χ1) is 17.1. The second-order valence-corrected chi connectivity index (χ2v) is 8.06. The van der Waals surface area contributed by atoms with E-state index in [4.69, 9.17) is 31.6 Å². The van der Waals surface area contributed by atoms with Gasteiger partial charge in [-0.05, 0) is 60.0 Å². The van der Waals surface area contributed by atoms with Gasteiger partial charge in [0.1, 0.15) is 5.75 Å². The fraction of sp³-hybridized carbons (Fsp3) is 0.185. The average molecular weight is 468 g/mol. The molecule has 8 nitrogen and oxygen atoms in total. The maximum absolute atomic E-state index is 7.29. The molecule has 0 aliphatic rings. The van der Waals surface area contributed by atoms with Gasteiger partial charge in [-0.15, -0.1) is 0 Å². The van der Waals surface area contributed by atoms with Gasteiger partial charge in [0, 0.05) is 30.6 Å². The number of rotatable bonds is 9. The van der Waals surface area contributed by atoms with Crippen LogP contribution in [-0.2, 0) is 6.42 Å². The number of fused-ring (bicyclic) bond motifs is 1. The number of benzene rings is 2. The van der Waals surface area contributed by atoms with Crippen molar-refractivity contribution in [3.8, 4) is 5.75 Å². The lowest BCUT2D eigenvalue weighted by Crippen LogP contribution is -2.31. The maximum atomic E-state index is 7.29. The number of pyridine rings is 1. The average Bonchev–Trinajstić information content (AvgIpc) is 2.89. The van der Waals surface area contributed by atoms with Gasteiger partial charge in [0.15, 0.2) is 11.8 Å². The third kappa shape index (κ3) is 5.99. The van der Waals surface area contributed by atoms with Gasteiger partial charge in [-0.3, -0.25) is 10.4 Å². The number of methoxy groups -OCH3 is 1. The van der Waals surface area contributed by atoms with Crippen molar-refractivity contribution in [2.75, 3.05) is 20.2 Å². The van der Waals surface area contributed by atoms with E-state index in [-0.39, 0.29) is 11.9 Å². The van der Waals surface area contributed by atoms with Crippen LogP contribution in [0.3, 0.4) is 0 Å². The molecule has 1 unspecified atom stereocenters. The van der Waals surface area contributed by atoms with Crippen LogP contribution in [0.4, 0.5) is 0 Å². The first-order valence-electron chi connectivity index (χ1n) is 11.4. The van der Waals surface area contributed by atoms with Crippen molar-refractivity contribution in [2.45, 2.75) is 12.3 Å². The molecule has 2 aromatic heterocycles. The summed E-state index contributed by atoms with van der Waals surface area (Å²) in [4.78, 5) is 14.0. The third-order valence-corrected chi connectivity index (χ3v) is 5.72. The van der Waals surface area contributed by atoms with Crippen LogP contribution in [0.1, 0.15) is 34.3 Å². The Morgan fingerprint density at radius 1 is 1.09 bits per heavy atom. The largest absolute Gasteiger partial charge is 0.497 e. The summed E-state index contributed by atoms with van der Waals surface area (Å²) < 4.78 is 5.46. The number of nitrogens with one attached hydrogen (secondary N) is 2. The van der Waals surface area contributed by atoms with E-state index < -0.39 is 0 Å². The molecule has 2 aromatic carbocycles. The first kappa shape index (κ1) is 23.8. The predicted octanol–water partition coefficient (Wildman–Crippen LogP) is 3.32. The van der Waals surface area contributed by atoms with Gasteiger partial charge in [-0.1, -0.05) is 30.3 Å². The summed E-state index contributed by atoms with van der Waals surface area (Å²) in [5.41, 5.74) is 16.4. The van der Waals surface area contributed by atoms with E-state index in [9.17, 15) is 0 Å². The Bertz CT molecular complexity index is 1320. The summed E-state index contributed by atoms with van der Waals surface area (Å²) >= 11 is 0. The smallest absolute Gasteiger partial charge is 0.185 e. The van der Waals surface area contributed by atoms with E-state index in [1.54, 1.807) is 13.3 Å². The zero-order valence-corrected chi connectivity index (χ0v) is 19.6. The third-order valence-electron chi connectivity index (χ3n) is 5.72. The Hall–Kier alpha value is -4.30. The van der Waals surface area contributed by atoms with Gasteiger partial charge in [0.05, 0.1) is 24.0 Å². The van der Waals surface area contributed by atoms with Crippen molar-refractivity contribution in [2.24, 2.45) is 11.5 Å². The molecule has 4 aromatic rings. The zero-order valence-electron chi connectivity index (χ0n) is 19.6. The molecule has 35 heavy (non-hydrogen) atoms. The Kier molecular flexibility index (Phi) is 7.64. The van der Waals surface area contributed by atoms with Gasteiger partial charge in [0.25, 0.3) is 0 Å². The van der Waals surface area contributed by atoms with Crippen LogP contribution in [0.15, 0.2) is 66.9 Å². The Morgan fingerprint density at radius 2 is 1.91 bits per heavy atom. The maximum Gasteiger partial charge on any atom is 0.185 e. The Morgan fingerprint density at radius 3 is 2.60 bits per heavy atom. The SMILES string of the molecule is COc1ccc2nc(C=Cc3ccccn3)nc(C(CN)c3ccc(CCNC(=N)N)cc3)c2c1. The van der Waals surface area contributed by atoms with E-state index in [2.05, 4.69) is 34.6 Å². The number of hydrogen-bond acceptors (Lipinski definition) is 6. The van der Waals surface area contributed by atoms with Crippen LogP contribution in [0, 0.1) is 5.41 Å². The number of hydrogen-bond donors (Lipinski definition) is 4. The van der Waals surface area contributed by atoms with Crippen LogP contribution in [-0.4, -0.2) is 41.1 Å². The number of nitrogens with zero attached hydrogens (tertiary/aromatic N) is 3. The normalized spacial score (nSPS) is 12.1. The van der Waals surface area contributed by atoms with Crippen LogP contribution in [0.5, 0.6) is 5.75 Å². The molecule has 0 saturated heterocycles. The lowest BCUT2D eigenvalue weighted by atomic mass is 9.92. The van der Waals surface area contributed by atoms with E-state index in [1.807, 2.05) is 48.6 Å². The predicted molar refractivity (Wildman–Crippen MR) is 140 cm³/mol. The van der Waals surface area contributed by atoms with Gasteiger partial charge in [-0.25, -0.2) is 9.97 Å². The quantitative estimate of drug-likeness (QED) is 0.219. The topological polar surface area (TPSA) is 136 Å². The van der Waals surface area contributed by atoms with Crippen molar-refractivity contribution < 1.29 is 4.74 Å². The van der Waals surface area contributed by atoms with Crippen molar-refractivity contribution in [1.82, 2.24) is 20.3 Å². The van der Waals surface area contributed by atoms with Gasteiger partial charge >= 0.3 is 0 Å². The molecule has 0 spiro atoms. The van der Waals surface area contributed by atoms with Crippen LogP contribution < -0.4 is 21.5 Å². The molecule has 6 N–H and O–H groups in total. The number of aromatic nitrogens is 3. The second kappa shape index (κ2) is 11.2. The molecule has 0 radical (unpaired) electrons. The van der Waals surface area contributed by atoms with E-state index in [0.717, 1.165) is 45.6 Å². The Balaban J connectivity index is 1.71. The van der Waals surface area contributed by atoms with Crippen molar-refractivity contribution in [3.05, 3.63) is 95.2 Å². The van der Waals surface area contributed by atoms with Gasteiger partial charge < -0.3 is 21.5 Å². The second-order valence-electron chi connectivity index (χ2n) is 8.06. The molecule has 2 heterocycles. The molecular weight excluding hydrogens is 438 g/mol. The number of guanidine groups is 1. The molecule has 4 rings (SSSR count). The van der Waals surface area contributed by atoms with Gasteiger partial charge in [-0.2, -0.15) is 0 Å². The molecule has 0 bridgehead atoms. The van der Waals surface area contributed by atoms with Crippen molar-refractivity contribution in [3.63, 3.8) is 0 Å². The molecule has 0 aliphatic heterocycles. The highest BCUT2D eigenvalue weighted by Gasteiger charge is 2.19. The molecule has 0 fully saturated rings. The van der Waals surface area contributed by atoms with Crippen LogP contribution in [0.25, 0.3) is 23.1 Å². The molecular formula is C27H29N7O. The summed E-state index contributed by atoms with van der Waals surface area (Å²) in [7, 11) is 1.64. The molecule has 0 amide bonds. The fourth-order valence-corrected chi connectivity index (χ4v) is 3.92. The lowest BCUT2D eigenvalue weighted by Gasteiger charge is -2.18. The summed E-state index contributed by atoms with van der Waals surface area (Å²) in [5, 5.41) is 11.0. The summed E-state index contributed by atoms with van der Waals surface area (Å²) in [5.74, 6) is 1.18. The Labute approximate surface area is 204 Å². The lowest BCUT2D eigenvalue weighted by molar-refractivity contribution is 0.415. The van der Waals surface area contributed by atoms with Crippen LogP contribution in [0.2, 0.25) is 0 Å². The molecule has 8 heteroatoms. The molecule has 178 valence electrons. The minimum atomic E-state index is -0.126. The highest BCUT2D eigenvalue weighted by Crippen LogP contribution is 2.31. The van der Waals surface area contributed by atoms with E-state index in [0.29, 0.717) is 18.9 Å². The summed E-state index contributed by atoms with van der Waals surface area (Å²) in [6.45, 7) is 0.995. The summed E-state index contributed by atoms with van der Waals surface area (Å²) in [6.07, 6.45) is 6.29.